The second-order valence-electron chi connectivity index (χ2n) is 7.65. The third kappa shape index (κ3) is 6.64. The summed E-state index contributed by atoms with van der Waals surface area (Å²) >= 11 is 0. The minimum Gasteiger partial charge on any atom is -0.469 e. The predicted octanol–water partition coefficient (Wildman–Crippen LogP) is 5.48. The van der Waals surface area contributed by atoms with Crippen LogP contribution in [0.15, 0.2) is 71.5 Å². The zero-order valence-electron chi connectivity index (χ0n) is 18.1. The van der Waals surface area contributed by atoms with Crippen LogP contribution in [-0.2, 0) is 16.1 Å². The van der Waals surface area contributed by atoms with Crippen LogP contribution in [0.1, 0.15) is 44.9 Å². The molecule has 0 atom stereocenters. The summed E-state index contributed by atoms with van der Waals surface area (Å²) < 4.78 is 6.24. The van der Waals surface area contributed by atoms with E-state index >= 15 is 0 Å². The number of aromatic nitrogens is 2. The van der Waals surface area contributed by atoms with Crippen molar-refractivity contribution in [2.45, 2.75) is 51.5 Å². The fourth-order valence-corrected chi connectivity index (χ4v) is 3.64. The van der Waals surface area contributed by atoms with Crippen molar-refractivity contribution >= 4 is 5.97 Å². The maximum Gasteiger partial charge on any atom is 0.305 e. The Kier molecular flexibility index (Phi) is 8.59. The molecule has 0 aliphatic rings. The van der Waals surface area contributed by atoms with E-state index in [0.29, 0.717) is 13.0 Å². The molecule has 0 amide bonds. The molecule has 31 heavy (non-hydrogen) atoms. The lowest BCUT2D eigenvalue weighted by Gasteiger charge is -2.13. The van der Waals surface area contributed by atoms with Crippen LogP contribution in [0.4, 0.5) is 0 Å². The van der Waals surface area contributed by atoms with Gasteiger partial charge < -0.3 is 4.74 Å². The van der Waals surface area contributed by atoms with Gasteiger partial charge >= 0.3 is 5.97 Å². The monoisotopic (exact) mass is 418 g/mol. The van der Waals surface area contributed by atoms with Gasteiger partial charge in [-0.3, -0.25) is 9.59 Å². The number of hydrogen-bond acceptors (Lipinski definition) is 4. The highest BCUT2D eigenvalue weighted by atomic mass is 16.5. The van der Waals surface area contributed by atoms with Crippen LogP contribution >= 0.6 is 0 Å². The molecule has 0 radical (unpaired) electrons. The number of unbranched alkanes of at least 4 members (excludes halogenated alkanes) is 5. The molecule has 0 N–H and O–H groups in total. The highest BCUT2D eigenvalue weighted by Crippen LogP contribution is 2.28. The average Bonchev–Trinajstić information content (AvgIpc) is 2.82. The Hall–Kier alpha value is -3.21. The number of ether oxygens (including phenoxy) is 1. The molecule has 2 aromatic carbocycles. The highest BCUT2D eigenvalue weighted by Gasteiger charge is 2.12. The largest absolute Gasteiger partial charge is 0.469 e. The maximum absolute atomic E-state index is 12.8. The Balaban J connectivity index is 1.64. The summed E-state index contributed by atoms with van der Waals surface area (Å²) in [7, 11) is 1.42. The van der Waals surface area contributed by atoms with Crippen LogP contribution in [0.25, 0.3) is 22.4 Å². The van der Waals surface area contributed by atoms with Crippen molar-refractivity contribution < 1.29 is 9.53 Å². The molecule has 0 spiro atoms. The van der Waals surface area contributed by atoms with Crippen LogP contribution in [0.3, 0.4) is 0 Å². The first-order chi connectivity index (χ1) is 15.2. The normalized spacial score (nSPS) is 10.7. The van der Waals surface area contributed by atoms with Crippen LogP contribution < -0.4 is 5.56 Å². The van der Waals surface area contributed by atoms with Crippen molar-refractivity contribution in [1.29, 1.82) is 0 Å². The first kappa shape index (κ1) is 22.5. The standard InChI is InChI=1S/C26H30N2O3/c1-31-25(30)18-12-4-2-3-5-13-19-28-24(29)20-23(21-14-8-6-9-15-21)26(27-28)22-16-10-7-11-17-22/h6-11,14-17,20H,2-5,12-13,18-19H2,1H3. The van der Waals surface area contributed by atoms with Gasteiger partial charge in [0, 0.05) is 30.2 Å². The molecule has 0 unspecified atom stereocenters. The molecule has 5 heteroatoms. The summed E-state index contributed by atoms with van der Waals surface area (Å²) in [5, 5.41) is 4.75. The van der Waals surface area contributed by atoms with Gasteiger partial charge in [0.25, 0.3) is 5.56 Å². The number of carbonyl (C=O) groups is 1. The molecule has 0 saturated heterocycles. The van der Waals surface area contributed by atoms with Gasteiger partial charge in [-0.1, -0.05) is 86.3 Å². The number of aryl methyl sites for hydroxylation is 1. The van der Waals surface area contributed by atoms with Gasteiger partial charge in [0.15, 0.2) is 0 Å². The van der Waals surface area contributed by atoms with E-state index in [0.717, 1.165) is 60.9 Å². The molecule has 3 aromatic rings. The van der Waals surface area contributed by atoms with Gasteiger partial charge in [0.1, 0.15) is 0 Å². The van der Waals surface area contributed by atoms with E-state index in [9.17, 15) is 9.59 Å². The van der Waals surface area contributed by atoms with E-state index in [-0.39, 0.29) is 11.5 Å². The van der Waals surface area contributed by atoms with Gasteiger partial charge in [-0.15, -0.1) is 0 Å². The van der Waals surface area contributed by atoms with Crippen molar-refractivity contribution in [2.24, 2.45) is 0 Å². The van der Waals surface area contributed by atoms with Crippen LogP contribution in [0.2, 0.25) is 0 Å². The first-order valence-corrected chi connectivity index (χ1v) is 11.0. The fraction of sp³-hybridized carbons (Fsp3) is 0.346. The number of hydrogen-bond donors (Lipinski definition) is 0. The first-order valence-electron chi connectivity index (χ1n) is 11.0. The van der Waals surface area contributed by atoms with E-state index in [1.54, 1.807) is 10.7 Å². The van der Waals surface area contributed by atoms with Gasteiger partial charge in [0.2, 0.25) is 0 Å². The molecule has 1 aromatic heterocycles. The second-order valence-corrected chi connectivity index (χ2v) is 7.65. The lowest BCUT2D eigenvalue weighted by molar-refractivity contribution is -0.140. The number of nitrogens with zero attached hydrogens (tertiary/aromatic N) is 2. The Labute approximate surface area is 183 Å². The predicted molar refractivity (Wildman–Crippen MR) is 124 cm³/mol. The molecule has 0 bridgehead atoms. The van der Waals surface area contributed by atoms with Crippen LogP contribution in [0.5, 0.6) is 0 Å². The smallest absolute Gasteiger partial charge is 0.305 e. The van der Waals surface area contributed by atoms with Crippen LogP contribution in [-0.4, -0.2) is 22.9 Å². The van der Waals surface area contributed by atoms with Gasteiger partial charge in [-0.2, -0.15) is 5.10 Å². The van der Waals surface area contributed by atoms with Crippen molar-refractivity contribution in [3.8, 4) is 22.4 Å². The van der Waals surface area contributed by atoms with Crippen LogP contribution in [0, 0.1) is 0 Å². The molecule has 0 fully saturated rings. The minimum absolute atomic E-state index is 0.0726. The SMILES string of the molecule is COC(=O)CCCCCCCCn1nc(-c2ccccc2)c(-c2ccccc2)cc1=O. The molecule has 5 nitrogen and oxygen atoms in total. The lowest BCUT2D eigenvalue weighted by Crippen LogP contribution is -2.23. The van der Waals surface area contributed by atoms with Crippen molar-refractivity contribution in [1.82, 2.24) is 9.78 Å². The van der Waals surface area contributed by atoms with Gasteiger partial charge in [-0.05, 0) is 18.4 Å². The molecule has 0 aliphatic heterocycles. The van der Waals surface area contributed by atoms with Crippen molar-refractivity contribution in [3.63, 3.8) is 0 Å². The summed E-state index contributed by atoms with van der Waals surface area (Å²) in [5.74, 6) is -0.140. The summed E-state index contributed by atoms with van der Waals surface area (Å²) in [6, 6.07) is 21.6. The summed E-state index contributed by atoms with van der Waals surface area (Å²) in [6.45, 7) is 0.607. The van der Waals surface area contributed by atoms with E-state index in [1.165, 1.54) is 7.11 Å². The zero-order valence-corrected chi connectivity index (χ0v) is 18.1. The van der Waals surface area contributed by atoms with Gasteiger partial charge in [0.05, 0.1) is 12.8 Å². The Bertz CT molecular complexity index is 1010. The maximum atomic E-state index is 12.8. The number of esters is 1. The molecular formula is C26H30N2O3. The lowest BCUT2D eigenvalue weighted by atomic mass is 10.0. The quantitative estimate of drug-likeness (QED) is 0.305. The Morgan fingerprint density at radius 3 is 2.06 bits per heavy atom. The van der Waals surface area contributed by atoms with E-state index < -0.39 is 0 Å². The third-order valence-corrected chi connectivity index (χ3v) is 5.36. The average molecular weight is 419 g/mol. The van der Waals surface area contributed by atoms with Crippen molar-refractivity contribution in [2.75, 3.05) is 7.11 Å². The zero-order chi connectivity index (χ0) is 21.9. The van der Waals surface area contributed by atoms with E-state index in [4.69, 9.17) is 5.10 Å². The molecule has 1 heterocycles. The van der Waals surface area contributed by atoms with E-state index in [1.807, 2.05) is 60.7 Å². The number of benzene rings is 2. The molecule has 0 saturated carbocycles. The second kappa shape index (κ2) is 11.8. The van der Waals surface area contributed by atoms with E-state index in [2.05, 4.69) is 4.74 Å². The number of methoxy groups -OCH3 is 1. The minimum atomic E-state index is -0.140. The van der Waals surface area contributed by atoms with Crippen molar-refractivity contribution in [3.05, 3.63) is 77.1 Å². The Morgan fingerprint density at radius 2 is 1.42 bits per heavy atom. The summed E-state index contributed by atoms with van der Waals surface area (Å²) in [6.07, 6.45) is 6.50. The topological polar surface area (TPSA) is 61.2 Å². The summed E-state index contributed by atoms with van der Waals surface area (Å²) in [5.41, 5.74) is 3.61. The third-order valence-electron chi connectivity index (χ3n) is 5.36. The number of carbonyl (C=O) groups excluding carboxylic acids is 1. The summed E-state index contributed by atoms with van der Waals surface area (Å²) in [4.78, 5) is 23.9. The molecule has 0 aliphatic carbocycles. The highest BCUT2D eigenvalue weighted by molar-refractivity contribution is 5.80. The molecule has 3 rings (SSSR count). The fourth-order valence-electron chi connectivity index (χ4n) is 3.64. The Morgan fingerprint density at radius 1 is 0.839 bits per heavy atom. The van der Waals surface area contributed by atoms with Gasteiger partial charge in [-0.25, -0.2) is 4.68 Å². The molecule has 162 valence electrons. The molecular weight excluding hydrogens is 388 g/mol. The number of rotatable bonds is 11.